The van der Waals surface area contributed by atoms with Gasteiger partial charge in [-0.25, -0.2) is 0 Å². The van der Waals surface area contributed by atoms with Crippen molar-refractivity contribution in [2.75, 3.05) is 11.4 Å². The van der Waals surface area contributed by atoms with Crippen LogP contribution in [0.2, 0.25) is 4.34 Å². The van der Waals surface area contributed by atoms with E-state index in [0.717, 1.165) is 11.3 Å². The highest BCUT2D eigenvalue weighted by Gasteiger charge is 2.34. The van der Waals surface area contributed by atoms with Crippen LogP contribution in [0.4, 0.5) is 5.69 Å². The van der Waals surface area contributed by atoms with E-state index in [1.54, 1.807) is 17.0 Å². The van der Waals surface area contributed by atoms with Crippen molar-refractivity contribution in [2.24, 2.45) is 0 Å². The van der Waals surface area contributed by atoms with Gasteiger partial charge in [0.2, 0.25) is 5.91 Å². The molecule has 1 aliphatic rings. The summed E-state index contributed by atoms with van der Waals surface area (Å²) >= 11 is 7.05. The maximum atomic E-state index is 12.6. The summed E-state index contributed by atoms with van der Waals surface area (Å²) in [6.45, 7) is 4.68. The van der Waals surface area contributed by atoms with Gasteiger partial charge in [0.25, 0.3) is 5.91 Å². The van der Waals surface area contributed by atoms with Crippen LogP contribution in [0.1, 0.15) is 27.2 Å². The van der Waals surface area contributed by atoms with Gasteiger partial charge in [0.15, 0.2) is 0 Å². The van der Waals surface area contributed by atoms with E-state index in [4.69, 9.17) is 11.6 Å². The zero-order valence-corrected chi connectivity index (χ0v) is 14.5. The molecule has 1 aromatic heterocycles. The Morgan fingerprint density at radius 3 is 2.70 bits per heavy atom. The zero-order chi connectivity index (χ0) is 16.6. The first-order valence-electron chi connectivity index (χ1n) is 7.40. The van der Waals surface area contributed by atoms with Crippen molar-refractivity contribution in [1.29, 1.82) is 0 Å². The number of carbonyl (C=O) groups excluding carboxylic acids is 2. The Bertz CT molecular complexity index is 772. The number of aryl methyl sites for hydroxylation is 2. The van der Waals surface area contributed by atoms with Gasteiger partial charge in [-0.2, -0.15) is 0 Å². The molecule has 0 bridgehead atoms. The summed E-state index contributed by atoms with van der Waals surface area (Å²) in [6.07, 6.45) is 0.608. The fourth-order valence-corrected chi connectivity index (χ4v) is 3.58. The van der Waals surface area contributed by atoms with Crippen LogP contribution < -0.4 is 10.2 Å². The van der Waals surface area contributed by atoms with Gasteiger partial charge in [-0.05, 0) is 55.7 Å². The molecule has 1 atom stereocenters. The first kappa shape index (κ1) is 16.0. The van der Waals surface area contributed by atoms with Crippen LogP contribution in [0.15, 0.2) is 30.3 Å². The Morgan fingerprint density at radius 1 is 1.26 bits per heavy atom. The number of anilines is 1. The molecule has 1 N–H and O–H groups in total. The van der Waals surface area contributed by atoms with Crippen molar-refractivity contribution < 1.29 is 9.59 Å². The molecule has 1 aromatic carbocycles. The van der Waals surface area contributed by atoms with Gasteiger partial charge in [0.05, 0.1) is 9.21 Å². The average Bonchev–Trinajstić information content (AvgIpc) is 3.09. The number of rotatable bonds is 3. The lowest BCUT2D eigenvalue weighted by molar-refractivity contribution is -0.118. The van der Waals surface area contributed by atoms with Gasteiger partial charge >= 0.3 is 0 Å². The molecule has 2 aromatic rings. The number of hydrogen-bond acceptors (Lipinski definition) is 3. The molecule has 3 rings (SSSR count). The highest BCUT2D eigenvalue weighted by atomic mass is 35.5. The maximum absolute atomic E-state index is 12.6. The van der Waals surface area contributed by atoms with E-state index < -0.39 is 6.04 Å². The van der Waals surface area contributed by atoms with Crippen molar-refractivity contribution >= 4 is 40.4 Å². The number of nitrogens with one attached hydrogen (secondary N) is 1. The minimum absolute atomic E-state index is 0.0655. The van der Waals surface area contributed by atoms with Crippen molar-refractivity contribution in [3.8, 4) is 0 Å². The number of halogens is 1. The van der Waals surface area contributed by atoms with Gasteiger partial charge in [-0.3, -0.25) is 9.59 Å². The van der Waals surface area contributed by atoms with Crippen LogP contribution in [0.3, 0.4) is 0 Å². The SMILES string of the molecule is Cc1ccc(N2CC[C@H](NC(=O)c3ccc(Cl)s3)C2=O)cc1C. The summed E-state index contributed by atoms with van der Waals surface area (Å²) in [7, 11) is 0. The van der Waals surface area contributed by atoms with E-state index in [-0.39, 0.29) is 11.8 Å². The Balaban J connectivity index is 1.71. The van der Waals surface area contributed by atoms with Crippen LogP contribution in [0.5, 0.6) is 0 Å². The highest BCUT2D eigenvalue weighted by Crippen LogP contribution is 2.25. The Hall–Kier alpha value is -1.85. The lowest BCUT2D eigenvalue weighted by Gasteiger charge is -2.18. The lowest BCUT2D eigenvalue weighted by Crippen LogP contribution is -2.41. The number of amides is 2. The zero-order valence-electron chi connectivity index (χ0n) is 12.9. The maximum Gasteiger partial charge on any atom is 0.262 e. The van der Waals surface area contributed by atoms with E-state index in [9.17, 15) is 9.59 Å². The van der Waals surface area contributed by atoms with Gasteiger partial charge in [0.1, 0.15) is 6.04 Å². The molecule has 1 fully saturated rings. The first-order valence-corrected chi connectivity index (χ1v) is 8.60. The second kappa shape index (κ2) is 6.34. The summed E-state index contributed by atoms with van der Waals surface area (Å²) < 4.78 is 0.560. The van der Waals surface area contributed by atoms with Crippen LogP contribution in [0.25, 0.3) is 0 Å². The number of benzene rings is 1. The Morgan fingerprint density at radius 2 is 2.04 bits per heavy atom. The second-order valence-electron chi connectivity index (χ2n) is 5.68. The van der Waals surface area contributed by atoms with Gasteiger partial charge in [-0.15, -0.1) is 11.3 Å². The van der Waals surface area contributed by atoms with E-state index in [1.165, 1.54) is 16.9 Å². The summed E-state index contributed by atoms with van der Waals surface area (Å²) in [5, 5.41) is 2.81. The second-order valence-corrected chi connectivity index (χ2v) is 7.39. The quantitative estimate of drug-likeness (QED) is 0.922. The molecular weight excluding hydrogens is 332 g/mol. The smallest absolute Gasteiger partial charge is 0.262 e. The monoisotopic (exact) mass is 348 g/mol. The molecule has 2 amide bonds. The van der Waals surface area contributed by atoms with E-state index in [0.29, 0.717) is 22.2 Å². The van der Waals surface area contributed by atoms with Gasteiger partial charge in [0, 0.05) is 12.2 Å². The molecule has 0 unspecified atom stereocenters. The predicted octanol–water partition coefficient (Wildman–Crippen LogP) is 3.55. The fraction of sp³-hybridized carbons (Fsp3) is 0.294. The van der Waals surface area contributed by atoms with Crippen LogP contribution in [-0.4, -0.2) is 24.4 Å². The molecule has 0 spiro atoms. The summed E-state index contributed by atoms with van der Waals surface area (Å²) in [5.74, 6) is -0.313. The molecule has 0 aliphatic carbocycles. The highest BCUT2D eigenvalue weighted by molar-refractivity contribution is 7.18. The van der Waals surface area contributed by atoms with Crippen LogP contribution in [-0.2, 0) is 4.79 Å². The minimum atomic E-state index is -0.481. The van der Waals surface area contributed by atoms with Gasteiger partial charge < -0.3 is 10.2 Å². The molecule has 6 heteroatoms. The summed E-state index contributed by atoms with van der Waals surface area (Å²) in [5.41, 5.74) is 3.23. The van der Waals surface area contributed by atoms with Crippen molar-refractivity contribution in [2.45, 2.75) is 26.3 Å². The van der Waals surface area contributed by atoms with Crippen molar-refractivity contribution in [3.05, 3.63) is 50.7 Å². The Kier molecular flexibility index (Phi) is 4.41. The molecule has 4 nitrogen and oxygen atoms in total. The summed E-state index contributed by atoms with van der Waals surface area (Å²) in [4.78, 5) is 27.0. The largest absolute Gasteiger partial charge is 0.339 e. The van der Waals surface area contributed by atoms with Crippen molar-refractivity contribution in [1.82, 2.24) is 5.32 Å². The van der Waals surface area contributed by atoms with Crippen LogP contribution in [0, 0.1) is 13.8 Å². The van der Waals surface area contributed by atoms with Crippen LogP contribution >= 0.6 is 22.9 Å². The minimum Gasteiger partial charge on any atom is -0.339 e. The van der Waals surface area contributed by atoms with E-state index >= 15 is 0 Å². The lowest BCUT2D eigenvalue weighted by atomic mass is 10.1. The molecule has 23 heavy (non-hydrogen) atoms. The first-order chi connectivity index (χ1) is 11.0. The molecule has 1 aliphatic heterocycles. The molecule has 120 valence electrons. The standard InChI is InChI=1S/C17H17ClN2O2S/c1-10-3-4-12(9-11(10)2)20-8-7-13(17(20)22)19-16(21)14-5-6-15(18)23-14/h3-6,9,13H,7-8H2,1-2H3,(H,19,21)/t13-/m0/s1. The Labute approximate surface area is 144 Å². The fourth-order valence-electron chi connectivity index (χ4n) is 2.63. The molecular formula is C17H17ClN2O2S. The summed E-state index contributed by atoms with van der Waals surface area (Å²) in [6, 6.07) is 8.84. The van der Waals surface area contributed by atoms with Gasteiger partial charge in [-0.1, -0.05) is 17.7 Å². The third kappa shape index (κ3) is 3.26. The van der Waals surface area contributed by atoms with E-state index in [2.05, 4.69) is 5.32 Å². The predicted molar refractivity (Wildman–Crippen MR) is 93.5 cm³/mol. The average molecular weight is 349 g/mol. The normalized spacial score (nSPS) is 17.6. The topological polar surface area (TPSA) is 49.4 Å². The molecule has 0 saturated carbocycles. The molecule has 0 radical (unpaired) electrons. The molecule has 1 saturated heterocycles. The number of carbonyl (C=O) groups is 2. The number of hydrogen-bond donors (Lipinski definition) is 1. The number of thiophene rings is 1. The number of nitrogens with zero attached hydrogens (tertiary/aromatic N) is 1. The van der Waals surface area contributed by atoms with E-state index in [1.807, 2.05) is 32.0 Å². The van der Waals surface area contributed by atoms with Crippen molar-refractivity contribution in [3.63, 3.8) is 0 Å². The third-order valence-electron chi connectivity index (χ3n) is 4.11. The molecule has 2 heterocycles. The third-order valence-corrected chi connectivity index (χ3v) is 5.34.